The molecule has 2 aliphatic heterocycles. The van der Waals surface area contributed by atoms with Gasteiger partial charge in [0.25, 0.3) is 12.1 Å². The molecule has 4 aromatic rings. The van der Waals surface area contributed by atoms with Crippen molar-refractivity contribution in [3.63, 3.8) is 0 Å². The zero-order chi connectivity index (χ0) is 29.1. The second kappa shape index (κ2) is 10.6. The number of nitrogens with two attached hydrogens (primary N) is 2. The summed E-state index contributed by atoms with van der Waals surface area (Å²) in [4.78, 5) is 34.9. The van der Waals surface area contributed by atoms with Crippen LogP contribution in [0.25, 0.3) is 22.3 Å². The molecule has 2 saturated heterocycles. The van der Waals surface area contributed by atoms with E-state index in [0.29, 0.717) is 11.2 Å². The van der Waals surface area contributed by atoms with Crippen molar-refractivity contribution in [3.05, 3.63) is 29.3 Å². The smallest absolute Gasteiger partial charge is 0.280 e. The van der Waals surface area contributed by atoms with Crippen LogP contribution in [0.15, 0.2) is 23.8 Å². The van der Waals surface area contributed by atoms with Gasteiger partial charge in [0, 0.05) is 13.0 Å². The number of hydrogen-bond donors (Lipinski definition) is 6. The van der Waals surface area contributed by atoms with Gasteiger partial charge in [0.15, 0.2) is 28.9 Å². The van der Waals surface area contributed by atoms with Crippen LogP contribution < -0.4 is 17.0 Å². The summed E-state index contributed by atoms with van der Waals surface area (Å²) in [6, 6.07) is 0. The van der Waals surface area contributed by atoms with Crippen molar-refractivity contribution in [2.45, 2.75) is 55.4 Å². The number of halogens is 1. The van der Waals surface area contributed by atoms with E-state index < -0.39 is 67.9 Å². The predicted molar refractivity (Wildman–Crippen MR) is 144 cm³/mol. The van der Waals surface area contributed by atoms with E-state index in [1.54, 1.807) is 4.57 Å². The summed E-state index contributed by atoms with van der Waals surface area (Å²) in [7, 11) is 0. The van der Waals surface area contributed by atoms with E-state index in [-0.39, 0.29) is 35.8 Å². The molecule has 0 radical (unpaired) electrons. The van der Waals surface area contributed by atoms with Crippen LogP contribution in [0.3, 0.4) is 0 Å². The standard InChI is InChI=1S/C21H26FN10O7PS/c22-12-9(1-2-33)39-20(32-7-28-14-18(32)29-21(24)30-19(14)35)15(12)40(36,41)37-4-10-8(34)3-11(38-10)31-6-27-13-16(23)25-5-26-17(13)31/h5-12,15,20,33-34H,1-4H2,(H,36,41)(H2,23,25,26)(H3,24,29,30,35)/t8-,9+,10+,11+,12+,15+,20+,40+/m0/s1. The SMILES string of the molecule is Nc1nc2c(ncn2[C@@H]2O[C@H](CCO)[C@@H](F)[C@H]2[P@](=O)(S)OC[C@H]2O[C@@H](n3cnc4c(N)ncnc43)C[C@@H]2O)c(=O)[nH]1. The fraction of sp³-hybridized carbons (Fsp3) is 0.524. The molecule has 7 N–H and O–H groups in total. The second-order valence-electron chi connectivity index (χ2n) is 9.66. The Balaban J connectivity index is 1.24. The van der Waals surface area contributed by atoms with Crippen molar-refractivity contribution in [2.75, 3.05) is 24.7 Å². The van der Waals surface area contributed by atoms with Crippen LogP contribution in [-0.4, -0.2) is 92.6 Å². The number of aromatic nitrogens is 8. The van der Waals surface area contributed by atoms with Crippen molar-refractivity contribution in [2.24, 2.45) is 0 Å². The highest BCUT2D eigenvalue weighted by atomic mass is 32.7. The van der Waals surface area contributed by atoms with E-state index in [2.05, 4.69) is 42.2 Å². The average molecular weight is 613 g/mol. The van der Waals surface area contributed by atoms with Gasteiger partial charge in [-0.1, -0.05) is 12.2 Å². The summed E-state index contributed by atoms with van der Waals surface area (Å²) in [5, 5.41) is 20.1. The Morgan fingerprint density at radius 2 is 1.90 bits per heavy atom. The number of fused-ring (bicyclic) bond motifs is 2. The molecule has 0 saturated carbocycles. The minimum atomic E-state index is -4.19. The summed E-state index contributed by atoms with van der Waals surface area (Å²) in [6.07, 6.45) is -3.15. The highest BCUT2D eigenvalue weighted by molar-refractivity contribution is 8.46. The van der Waals surface area contributed by atoms with E-state index in [4.69, 9.17) is 25.5 Å². The number of imidazole rings is 2. The third-order valence-corrected chi connectivity index (χ3v) is 10.1. The second-order valence-corrected chi connectivity index (χ2v) is 13.3. The number of nitrogens with one attached hydrogen (secondary N) is 1. The summed E-state index contributed by atoms with van der Waals surface area (Å²) in [5.74, 6) is -0.0282. The van der Waals surface area contributed by atoms with Crippen LogP contribution >= 0.6 is 18.8 Å². The van der Waals surface area contributed by atoms with Crippen LogP contribution in [0.1, 0.15) is 25.3 Å². The zero-order valence-corrected chi connectivity index (χ0v) is 22.9. The number of aromatic amines is 1. The minimum absolute atomic E-state index is 0.0270. The molecule has 20 heteroatoms. The molecule has 8 atom stereocenters. The van der Waals surface area contributed by atoms with Crippen molar-refractivity contribution >= 4 is 52.9 Å². The fourth-order valence-corrected chi connectivity index (χ4v) is 7.69. The molecular formula is C21H26FN10O7PS. The number of thiol groups is 1. The molecule has 6 rings (SSSR count). The maximum absolute atomic E-state index is 15.7. The molecule has 4 aromatic heterocycles. The number of H-pyrrole nitrogens is 1. The largest absolute Gasteiger partial charge is 0.396 e. The summed E-state index contributed by atoms with van der Waals surface area (Å²) in [5.41, 5.74) is 10.0. The molecule has 6 heterocycles. The van der Waals surface area contributed by atoms with Gasteiger partial charge in [-0.05, 0) is 6.42 Å². The Morgan fingerprint density at radius 3 is 2.68 bits per heavy atom. The zero-order valence-electron chi connectivity index (χ0n) is 21.1. The number of ether oxygens (including phenoxy) is 2. The van der Waals surface area contributed by atoms with Crippen LogP contribution in [0.2, 0.25) is 0 Å². The van der Waals surface area contributed by atoms with E-state index >= 15 is 4.39 Å². The molecule has 17 nitrogen and oxygen atoms in total. The molecule has 0 aromatic carbocycles. The molecule has 0 aliphatic carbocycles. The van der Waals surface area contributed by atoms with Crippen LogP contribution in [0.4, 0.5) is 16.2 Å². The summed E-state index contributed by atoms with van der Waals surface area (Å²) >= 11 is 4.24. The average Bonchev–Trinajstić information content (AvgIpc) is 3.68. The van der Waals surface area contributed by atoms with Gasteiger partial charge in [-0.2, -0.15) is 4.98 Å². The number of rotatable bonds is 8. The third kappa shape index (κ3) is 4.86. The van der Waals surface area contributed by atoms with Crippen LogP contribution in [-0.2, 0) is 18.6 Å². The molecular weight excluding hydrogens is 586 g/mol. The van der Waals surface area contributed by atoms with Gasteiger partial charge in [-0.3, -0.25) is 23.5 Å². The van der Waals surface area contributed by atoms with Gasteiger partial charge in [-0.15, -0.1) is 0 Å². The van der Waals surface area contributed by atoms with E-state index in [1.165, 1.54) is 23.5 Å². The van der Waals surface area contributed by atoms with Crippen molar-refractivity contribution in [1.82, 2.24) is 39.0 Å². The number of hydrogen-bond acceptors (Lipinski definition) is 14. The number of aliphatic hydroxyl groups is 2. The number of nitrogens with zero attached hydrogens (tertiary/aromatic N) is 7. The van der Waals surface area contributed by atoms with Gasteiger partial charge in [-0.25, -0.2) is 24.3 Å². The van der Waals surface area contributed by atoms with Crippen molar-refractivity contribution in [3.8, 4) is 0 Å². The first-order chi connectivity index (χ1) is 19.6. The Bertz CT molecular complexity index is 1700. The first-order valence-corrected chi connectivity index (χ1v) is 15.3. The lowest BCUT2D eigenvalue weighted by molar-refractivity contribution is -0.0381. The molecule has 220 valence electrons. The monoisotopic (exact) mass is 612 g/mol. The summed E-state index contributed by atoms with van der Waals surface area (Å²) in [6.45, 7) is -5.00. The molecule has 0 spiro atoms. The molecule has 41 heavy (non-hydrogen) atoms. The lowest BCUT2D eigenvalue weighted by Gasteiger charge is -2.27. The van der Waals surface area contributed by atoms with Crippen molar-refractivity contribution < 1.29 is 33.2 Å². The molecule has 2 aliphatic rings. The maximum atomic E-state index is 15.7. The van der Waals surface area contributed by atoms with Gasteiger partial charge in [0.2, 0.25) is 5.95 Å². The van der Waals surface area contributed by atoms with Gasteiger partial charge in [0.1, 0.15) is 36.0 Å². The first kappa shape index (κ1) is 28.0. The Hall–Kier alpha value is -3.19. The van der Waals surface area contributed by atoms with Crippen LogP contribution in [0.5, 0.6) is 0 Å². The first-order valence-electron chi connectivity index (χ1n) is 12.4. The number of aliphatic hydroxyl groups excluding tert-OH is 2. The van der Waals surface area contributed by atoms with Crippen LogP contribution in [0, 0.1) is 0 Å². The molecule has 0 bridgehead atoms. The third-order valence-electron chi connectivity index (χ3n) is 7.13. The van der Waals surface area contributed by atoms with Gasteiger partial charge < -0.3 is 35.7 Å². The topological polar surface area (TPSA) is 244 Å². The Kier molecular flexibility index (Phi) is 7.21. The van der Waals surface area contributed by atoms with Gasteiger partial charge >= 0.3 is 0 Å². The number of nitrogen functional groups attached to an aromatic ring is 2. The lowest BCUT2D eigenvalue weighted by atomic mass is 10.1. The molecule has 0 amide bonds. The van der Waals surface area contributed by atoms with E-state index in [0.717, 1.165) is 0 Å². The Morgan fingerprint density at radius 1 is 1.15 bits per heavy atom. The number of anilines is 2. The maximum Gasteiger partial charge on any atom is 0.280 e. The van der Waals surface area contributed by atoms with E-state index in [9.17, 15) is 19.6 Å². The quantitative estimate of drug-likeness (QED) is 0.112. The highest BCUT2D eigenvalue weighted by Gasteiger charge is 2.55. The Labute approximate surface area is 234 Å². The molecule has 0 unspecified atom stereocenters. The van der Waals surface area contributed by atoms with Gasteiger partial charge in [0.05, 0.1) is 31.5 Å². The minimum Gasteiger partial charge on any atom is -0.396 e. The highest BCUT2D eigenvalue weighted by Crippen LogP contribution is 2.64. The van der Waals surface area contributed by atoms with E-state index in [1.807, 2.05) is 0 Å². The normalized spacial score (nSPS) is 29.9. The lowest BCUT2D eigenvalue weighted by Crippen LogP contribution is -2.31. The number of alkyl halides is 1. The fourth-order valence-electron chi connectivity index (χ4n) is 5.15. The summed E-state index contributed by atoms with van der Waals surface area (Å²) < 4.78 is 49.9. The van der Waals surface area contributed by atoms with Crippen molar-refractivity contribution in [1.29, 1.82) is 0 Å². The molecule has 2 fully saturated rings. The predicted octanol–water partition coefficient (Wildman–Crippen LogP) is -0.102.